The van der Waals surface area contributed by atoms with Crippen LogP contribution in [0.15, 0.2) is 24.3 Å². The van der Waals surface area contributed by atoms with Crippen LogP contribution in [0.5, 0.6) is 5.75 Å². The Morgan fingerprint density at radius 1 is 1.43 bits per heavy atom. The van der Waals surface area contributed by atoms with Crippen molar-refractivity contribution in [3.63, 3.8) is 0 Å². The molecule has 0 aromatic heterocycles. The standard InChI is InChI=1S/C16H20N2O3/c1-16(2,3)21-15(19)18-9-5-6-12-10-14(20-4)8-7-13(12)11-17/h5-8,10H,9H2,1-4H3,(H,18,19). The average Bonchev–Trinajstić information content (AvgIpc) is 2.41. The molecule has 0 fully saturated rings. The number of nitrogens with zero attached hydrogens (tertiary/aromatic N) is 1. The van der Waals surface area contributed by atoms with Gasteiger partial charge >= 0.3 is 6.09 Å². The second kappa shape index (κ2) is 7.34. The van der Waals surface area contributed by atoms with E-state index >= 15 is 0 Å². The minimum absolute atomic E-state index is 0.316. The van der Waals surface area contributed by atoms with Crippen LogP contribution in [0.3, 0.4) is 0 Å². The molecule has 0 radical (unpaired) electrons. The Kier molecular flexibility index (Phi) is 5.79. The Morgan fingerprint density at radius 2 is 2.14 bits per heavy atom. The first kappa shape index (κ1) is 16.6. The molecule has 21 heavy (non-hydrogen) atoms. The largest absolute Gasteiger partial charge is 0.497 e. The summed E-state index contributed by atoms with van der Waals surface area (Å²) in [6.45, 7) is 5.73. The molecule has 0 aliphatic rings. The number of carbonyl (C=O) groups excluding carboxylic acids is 1. The SMILES string of the molecule is COc1ccc(C#N)c(C=CCNC(=O)OC(C)(C)C)c1. The van der Waals surface area contributed by atoms with Gasteiger partial charge in [-0.3, -0.25) is 0 Å². The summed E-state index contributed by atoms with van der Waals surface area (Å²) in [6, 6.07) is 7.30. The quantitative estimate of drug-likeness (QED) is 0.924. The highest BCUT2D eigenvalue weighted by atomic mass is 16.6. The first-order valence-corrected chi connectivity index (χ1v) is 6.57. The predicted octanol–water partition coefficient (Wildman–Crippen LogP) is 3.10. The van der Waals surface area contributed by atoms with E-state index in [0.717, 1.165) is 5.56 Å². The molecule has 0 heterocycles. The number of hydrogen-bond donors (Lipinski definition) is 1. The maximum atomic E-state index is 11.5. The number of benzene rings is 1. The third-order valence-corrected chi connectivity index (χ3v) is 2.44. The predicted molar refractivity (Wildman–Crippen MR) is 81.0 cm³/mol. The number of nitriles is 1. The van der Waals surface area contributed by atoms with Crippen LogP contribution in [0.4, 0.5) is 4.79 Å². The highest BCUT2D eigenvalue weighted by Gasteiger charge is 2.14. The molecule has 0 bridgehead atoms. The molecule has 0 saturated carbocycles. The first-order chi connectivity index (χ1) is 9.85. The van der Waals surface area contributed by atoms with Crippen LogP contribution in [0.1, 0.15) is 31.9 Å². The van der Waals surface area contributed by atoms with Gasteiger partial charge in [0.25, 0.3) is 0 Å². The molecule has 112 valence electrons. The van der Waals surface area contributed by atoms with Gasteiger partial charge in [0.2, 0.25) is 0 Å². The van der Waals surface area contributed by atoms with Crippen molar-refractivity contribution in [2.75, 3.05) is 13.7 Å². The van der Waals surface area contributed by atoms with Gasteiger partial charge in [0.1, 0.15) is 11.4 Å². The number of carbonyl (C=O) groups is 1. The Morgan fingerprint density at radius 3 is 2.71 bits per heavy atom. The number of rotatable bonds is 4. The zero-order valence-corrected chi connectivity index (χ0v) is 12.8. The summed E-state index contributed by atoms with van der Waals surface area (Å²) in [5.74, 6) is 0.675. The zero-order chi connectivity index (χ0) is 15.9. The van der Waals surface area contributed by atoms with Gasteiger partial charge in [-0.25, -0.2) is 4.79 Å². The lowest BCUT2D eigenvalue weighted by atomic mass is 10.1. The molecule has 0 aliphatic carbocycles. The van der Waals surface area contributed by atoms with Crippen LogP contribution in [-0.4, -0.2) is 25.3 Å². The van der Waals surface area contributed by atoms with Gasteiger partial charge in [0.15, 0.2) is 0 Å². The van der Waals surface area contributed by atoms with Crippen molar-refractivity contribution >= 4 is 12.2 Å². The van der Waals surface area contributed by atoms with E-state index in [2.05, 4.69) is 11.4 Å². The summed E-state index contributed by atoms with van der Waals surface area (Å²) < 4.78 is 10.2. The fourth-order valence-corrected chi connectivity index (χ4v) is 1.55. The summed E-state index contributed by atoms with van der Waals surface area (Å²) in [4.78, 5) is 11.5. The molecule has 5 heteroatoms. The van der Waals surface area contributed by atoms with Gasteiger partial charge in [-0.05, 0) is 44.5 Å². The minimum Gasteiger partial charge on any atom is -0.497 e. The van der Waals surface area contributed by atoms with E-state index in [1.165, 1.54) is 0 Å². The normalized spacial score (nSPS) is 11.0. The molecule has 1 aromatic carbocycles. The number of amides is 1. The molecule has 0 spiro atoms. The lowest BCUT2D eigenvalue weighted by Gasteiger charge is -2.19. The van der Waals surface area contributed by atoms with Crippen molar-refractivity contribution in [1.82, 2.24) is 5.32 Å². The van der Waals surface area contributed by atoms with Gasteiger partial charge in [0.05, 0.1) is 18.7 Å². The Balaban J connectivity index is 2.62. The smallest absolute Gasteiger partial charge is 0.407 e. The van der Waals surface area contributed by atoms with Crippen LogP contribution >= 0.6 is 0 Å². The molecular formula is C16H20N2O3. The van der Waals surface area contributed by atoms with E-state index in [4.69, 9.17) is 14.7 Å². The summed E-state index contributed by atoms with van der Waals surface area (Å²) in [5.41, 5.74) is 0.765. The average molecular weight is 288 g/mol. The van der Waals surface area contributed by atoms with Gasteiger partial charge < -0.3 is 14.8 Å². The fraction of sp³-hybridized carbons (Fsp3) is 0.375. The van der Waals surface area contributed by atoms with E-state index in [1.807, 2.05) is 0 Å². The Labute approximate surface area is 125 Å². The second-order valence-corrected chi connectivity index (χ2v) is 5.35. The van der Waals surface area contributed by atoms with Gasteiger partial charge in [0, 0.05) is 6.54 Å². The molecule has 1 N–H and O–H groups in total. The van der Waals surface area contributed by atoms with Crippen LogP contribution < -0.4 is 10.1 Å². The summed E-state index contributed by atoms with van der Waals surface area (Å²) in [6.07, 6.45) is 3.04. The maximum Gasteiger partial charge on any atom is 0.407 e. The van der Waals surface area contributed by atoms with E-state index < -0.39 is 11.7 Å². The first-order valence-electron chi connectivity index (χ1n) is 6.57. The molecule has 0 atom stereocenters. The monoisotopic (exact) mass is 288 g/mol. The third-order valence-electron chi connectivity index (χ3n) is 2.44. The van der Waals surface area contributed by atoms with Gasteiger partial charge in [-0.1, -0.05) is 12.2 Å². The molecule has 5 nitrogen and oxygen atoms in total. The zero-order valence-electron chi connectivity index (χ0n) is 12.8. The van der Waals surface area contributed by atoms with Gasteiger partial charge in [-0.15, -0.1) is 0 Å². The van der Waals surface area contributed by atoms with Gasteiger partial charge in [-0.2, -0.15) is 5.26 Å². The molecule has 1 aromatic rings. The van der Waals surface area contributed by atoms with Crippen molar-refractivity contribution in [3.05, 3.63) is 35.4 Å². The molecule has 0 unspecified atom stereocenters. The highest BCUT2D eigenvalue weighted by molar-refractivity contribution is 5.68. The van der Waals surface area contributed by atoms with Crippen molar-refractivity contribution in [2.45, 2.75) is 26.4 Å². The lowest BCUT2D eigenvalue weighted by molar-refractivity contribution is 0.0534. The number of methoxy groups -OCH3 is 1. The molecule has 1 amide bonds. The molecule has 0 saturated heterocycles. The van der Waals surface area contributed by atoms with Crippen LogP contribution in [0, 0.1) is 11.3 Å². The third kappa shape index (κ3) is 6.00. The number of hydrogen-bond acceptors (Lipinski definition) is 4. The van der Waals surface area contributed by atoms with E-state index in [1.54, 1.807) is 58.2 Å². The summed E-state index contributed by atoms with van der Waals surface area (Å²) in [5, 5.41) is 11.7. The van der Waals surface area contributed by atoms with Crippen molar-refractivity contribution in [2.24, 2.45) is 0 Å². The van der Waals surface area contributed by atoms with Crippen LogP contribution in [-0.2, 0) is 4.74 Å². The van der Waals surface area contributed by atoms with E-state index in [0.29, 0.717) is 17.9 Å². The van der Waals surface area contributed by atoms with Crippen LogP contribution in [0.2, 0.25) is 0 Å². The number of ether oxygens (including phenoxy) is 2. The lowest BCUT2D eigenvalue weighted by Crippen LogP contribution is -2.32. The second-order valence-electron chi connectivity index (χ2n) is 5.35. The van der Waals surface area contributed by atoms with Crippen molar-refractivity contribution < 1.29 is 14.3 Å². The molecule has 0 aliphatic heterocycles. The number of alkyl carbamates (subject to hydrolysis) is 1. The topological polar surface area (TPSA) is 71.3 Å². The summed E-state index contributed by atoms with van der Waals surface area (Å²) in [7, 11) is 1.57. The van der Waals surface area contributed by atoms with E-state index in [9.17, 15) is 4.79 Å². The summed E-state index contributed by atoms with van der Waals surface area (Å²) >= 11 is 0. The molecular weight excluding hydrogens is 268 g/mol. The molecule has 1 rings (SSSR count). The van der Waals surface area contributed by atoms with Crippen molar-refractivity contribution in [3.8, 4) is 11.8 Å². The minimum atomic E-state index is -0.519. The Bertz CT molecular complexity index is 566. The highest BCUT2D eigenvalue weighted by Crippen LogP contribution is 2.18. The van der Waals surface area contributed by atoms with Crippen LogP contribution in [0.25, 0.3) is 6.08 Å². The fourth-order valence-electron chi connectivity index (χ4n) is 1.55. The van der Waals surface area contributed by atoms with E-state index in [-0.39, 0.29) is 0 Å². The number of nitrogens with one attached hydrogen (secondary N) is 1. The Hall–Kier alpha value is -2.48. The van der Waals surface area contributed by atoms with Crippen molar-refractivity contribution in [1.29, 1.82) is 5.26 Å². The maximum absolute atomic E-state index is 11.5.